The summed E-state index contributed by atoms with van der Waals surface area (Å²) in [6.07, 6.45) is 5.20. The summed E-state index contributed by atoms with van der Waals surface area (Å²) < 4.78 is 5.89. The van der Waals surface area contributed by atoms with E-state index in [4.69, 9.17) is 10.5 Å². The van der Waals surface area contributed by atoms with Crippen molar-refractivity contribution in [3.8, 4) is 5.88 Å². The second-order valence-corrected chi connectivity index (χ2v) is 7.68. The minimum Gasteiger partial charge on any atom is -0.477 e. The highest BCUT2D eigenvalue weighted by molar-refractivity contribution is 5.96. The molecule has 2 saturated carbocycles. The molecule has 0 unspecified atom stereocenters. The summed E-state index contributed by atoms with van der Waals surface area (Å²) in [7, 11) is 0. The van der Waals surface area contributed by atoms with E-state index in [1.807, 2.05) is 19.9 Å². The third kappa shape index (κ3) is 5.44. The van der Waals surface area contributed by atoms with E-state index in [1.54, 1.807) is 6.07 Å². The Morgan fingerprint density at radius 1 is 1.27 bits per heavy atom. The first kappa shape index (κ1) is 20.2. The summed E-state index contributed by atoms with van der Waals surface area (Å²) in [6.45, 7) is 4.62. The molecule has 2 aliphatic rings. The number of carbonyl (C=O) groups is 2. The molecule has 3 N–H and O–H groups in total. The average Bonchev–Trinajstić information content (AvgIpc) is 3.45. The molecule has 0 radical (unpaired) electrons. The molecule has 6 nitrogen and oxygen atoms in total. The number of rotatable bonds is 9. The van der Waals surface area contributed by atoms with Crippen molar-refractivity contribution < 1.29 is 14.3 Å². The molecule has 6 heteroatoms. The highest BCUT2D eigenvalue weighted by Crippen LogP contribution is 2.44. The van der Waals surface area contributed by atoms with Crippen LogP contribution in [0.5, 0.6) is 5.88 Å². The normalized spacial score (nSPS) is 17.3. The zero-order valence-corrected chi connectivity index (χ0v) is 15.0. The van der Waals surface area contributed by atoms with Gasteiger partial charge in [-0.2, -0.15) is 0 Å². The van der Waals surface area contributed by atoms with Crippen LogP contribution in [0.1, 0.15) is 75.3 Å². The SMILES string of the molecule is C.CC(C)C[C@H](NC(=O)c1ccc(C2CC2)c(OCC2CC2)n1)C(N)=O. The molecule has 2 aliphatic carbocycles. The number of hydrogen-bond donors (Lipinski definition) is 2. The lowest BCUT2D eigenvalue weighted by molar-refractivity contribution is -0.120. The van der Waals surface area contributed by atoms with Gasteiger partial charge in [0.1, 0.15) is 11.7 Å². The van der Waals surface area contributed by atoms with Crippen LogP contribution in [0.2, 0.25) is 0 Å². The number of aromatic nitrogens is 1. The van der Waals surface area contributed by atoms with Gasteiger partial charge >= 0.3 is 0 Å². The van der Waals surface area contributed by atoms with Gasteiger partial charge in [0.15, 0.2) is 0 Å². The molecule has 2 amide bonds. The standard InChI is InChI=1S/C19H27N3O3.CH4/c1-11(2)9-16(17(20)23)21-18(24)15-8-7-14(13-5-6-13)19(22-15)25-10-12-3-4-12;/h7-8,11-13,16H,3-6,9-10H2,1-2H3,(H2,20,23)(H,21,24);1H4/t16-;/m0./s1. The highest BCUT2D eigenvalue weighted by Gasteiger charge is 2.30. The lowest BCUT2D eigenvalue weighted by Crippen LogP contribution is -2.45. The van der Waals surface area contributed by atoms with Crippen LogP contribution >= 0.6 is 0 Å². The molecular weight excluding hydrogens is 330 g/mol. The smallest absolute Gasteiger partial charge is 0.270 e. The summed E-state index contributed by atoms with van der Waals surface area (Å²) in [6, 6.07) is 2.96. The lowest BCUT2D eigenvalue weighted by atomic mass is 10.0. The van der Waals surface area contributed by atoms with Gasteiger partial charge in [-0.25, -0.2) is 4.98 Å². The van der Waals surface area contributed by atoms with Crippen molar-refractivity contribution >= 4 is 11.8 Å². The number of primary amides is 1. The quantitative estimate of drug-likeness (QED) is 0.707. The van der Waals surface area contributed by atoms with E-state index in [-0.39, 0.29) is 24.9 Å². The number of ether oxygens (including phenoxy) is 1. The van der Waals surface area contributed by atoms with Gasteiger partial charge in [0.2, 0.25) is 11.8 Å². The minimum absolute atomic E-state index is 0. The number of pyridine rings is 1. The van der Waals surface area contributed by atoms with E-state index in [9.17, 15) is 9.59 Å². The Labute approximate surface area is 155 Å². The molecule has 1 heterocycles. The summed E-state index contributed by atoms with van der Waals surface area (Å²) in [4.78, 5) is 28.5. The van der Waals surface area contributed by atoms with Crippen LogP contribution in [0.15, 0.2) is 12.1 Å². The Morgan fingerprint density at radius 3 is 2.50 bits per heavy atom. The average molecular weight is 361 g/mol. The minimum atomic E-state index is -0.687. The van der Waals surface area contributed by atoms with Crippen molar-refractivity contribution in [1.82, 2.24) is 10.3 Å². The number of nitrogens with zero attached hydrogens (tertiary/aromatic N) is 1. The molecule has 1 atom stereocenters. The zero-order valence-electron chi connectivity index (χ0n) is 15.0. The molecule has 26 heavy (non-hydrogen) atoms. The maximum atomic E-state index is 12.5. The van der Waals surface area contributed by atoms with Gasteiger partial charge in [0.25, 0.3) is 5.91 Å². The largest absolute Gasteiger partial charge is 0.477 e. The molecule has 0 aromatic carbocycles. The van der Waals surface area contributed by atoms with Gasteiger partial charge < -0.3 is 15.8 Å². The van der Waals surface area contributed by atoms with Crippen molar-refractivity contribution in [2.24, 2.45) is 17.6 Å². The molecule has 1 aromatic heterocycles. The third-order valence-electron chi connectivity index (χ3n) is 4.65. The Kier molecular flexibility index (Phi) is 6.62. The zero-order chi connectivity index (χ0) is 18.0. The molecule has 0 bridgehead atoms. The lowest BCUT2D eigenvalue weighted by Gasteiger charge is -2.18. The van der Waals surface area contributed by atoms with E-state index in [1.165, 1.54) is 12.8 Å². The van der Waals surface area contributed by atoms with Gasteiger partial charge in [-0.05, 0) is 55.9 Å². The number of carbonyl (C=O) groups excluding carboxylic acids is 2. The van der Waals surface area contributed by atoms with Gasteiger partial charge in [-0.3, -0.25) is 9.59 Å². The highest BCUT2D eigenvalue weighted by atomic mass is 16.5. The van der Waals surface area contributed by atoms with E-state index in [0.29, 0.717) is 30.7 Å². The summed E-state index contributed by atoms with van der Waals surface area (Å²) >= 11 is 0. The Hall–Kier alpha value is -2.11. The maximum Gasteiger partial charge on any atom is 0.270 e. The fourth-order valence-electron chi connectivity index (χ4n) is 2.83. The molecule has 144 valence electrons. The molecule has 0 aliphatic heterocycles. The first-order valence-corrected chi connectivity index (χ1v) is 9.18. The van der Waals surface area contributed by atoms with Gasteiger partial charge in [-0.1, -0.05) is 27.3 Å². The van der Waals surface area contributed by atoms with E-state index >= 15 is 0 Å². The second kappa shape index (κ2) is 8.52. The van der Waals surface area contributed by atoms with Gasteiger partial charge in [0.05, 0.1) is 6.61 Å². The van der Waals surface area contributed by atoms with Crippen molar-refractivity contribution in [2.75, 3.05) is 6.61 Å². The van der Waals surface area contributed by atoms with Crippen molar-refractivity contribution in [3.63, 3.8) is 0 Å². The number of hydrogen-bond acceptors (Lipinski definition) is 4. The molecule has 1 aromatic rings. The van der Waals surface area contributed by atoms with Crippen LogP contribution in [0.25, 0.3) is 0 Å². The molecule has 0 spiro atoms. The van der Waals surface area contributed by atoms with Gasteiger partial charge in [0, 0.05) is 5.56 Å². The second-order valence-electron chi connectivity index (χ2n) is 7.68. The number of nitrogens with two attached hydrogens (primary N) is 1. The van der Waals surface area contributed by atoms with Crippen LogP contribution in [0.4, 0.5) is 0 Å². The fraction of sp³-hybridized carbons (Fsp3) is 0.650. The summed E-state index contributed by atoms with van der Waals surface area (Å²) in [5, 5.41) is 2.70. The number of nitrogens with one attached hydrogen (secondary N) is 1. The van der Waals surface area contributed by atoms with Crippen LogP contribution in [-0.4, -0.2) is 29.4 Å². The van der Waals surface area contributed by atoms with Crippen LogP contribution in [0.3, 0.4) is 0 Å². The Morgan fingerprint density at radius 2 is 1.96 bits per heavy atom. The first-order valence-electron chi connectivity index (χ1n) is 9.18. The molecule has 3 rings (SSSR count). The first-order chi connectivity index (χ1) is 11.9. The van der Waals surface area contributed by atoms with Crippen LogP contribution in [-0.2, 0) is 4.79 Å². The summed E-state index contributed by atoms with van der Waals surface area (Å²) in [5.41, 5.74) is 6.76. The predicted molar refractivity (Wildman–Crippen MR) is 101 cm³/mol. The van der Waals surface area contributed by atoms with Gasteiger partial charge in [-0.15, -0.1) is 0 Å². The van der Waals surface area contributed by atoms with Crippen molar-refractivity contribution in [2.45, 2.75) is 65.3 Å². The number of amides is 2. The third-order valence-corrected chi connectivity index (χ3v) is 4.65. The van der Waals surface area contributed by atoms with Crippen molar-refractivity contribution in [1.29, 1.82) is 0 Å². The topological polar surface area (TPSA) is 94.3 Å². The fourth-order valence-corrected chi connectivity index (χ4v) is 2.83. The van der Waals surface area contributed by atoms with E-state index in [0.717, 1.165) is 18.4 Å². The Bertz CT molecular complexity index is 652. The monoisotopic (exact) mass is 361 g/mol. The maximum absolute atomic E-state index is 12.5. The summed E-state index contributed by atoms with van der Waals surface area (Å²) in [5.74, 6) is 1.03. The molecule has 2 fully saturated rings. The van der Waals surface area contributed by atoms with Crippen LogP contribution < -0.4 is 15.8 Å². The van der Waals surface area contributed by atoms with Crippen LogP contribution in [0, 0.1) is 11.8 Å². The van der Waals surface area contributed by atoms with Crippen molar-refractivity contribution in [3.05, 3.63) is 23.4 Å². The van der Waals surface area contributed by atoms with E-state index in [2.05, 4.69) is 10.3 Å². The predicted octanol–water partition coefficient (Wildman–Crippen LogP) is 3.01. The van der Waals surface area contributed by atoms with E-state index < -0.39 is 11.9 Å². The molecular formula is C20H31N3O3. The molecule has 0 saturated heterocycles. The Balaban J connectivity index is 0.00000243.